The van der Waals surface area contributed by atoms with Crippen molar-refractivity contribution in [1.29, 1.82) is 0 Å². The smallest absolute Gasteiger partial charge is 0.261 e. The summed E-state index contributed by atoms with van der Waals surface area (Å²) in [5, 5.41) is 2.88. The minimum absolute atomic E-state index is 0.0173. The first kappa shape index (κ1) is 25.2. The van der Waals surface area contributed by atoms with E-state index < -0.39 is 6.04 Å². The first-order chi connectivity index (χ1) is 15.0. The Morgan fingerprint density at radius 2 is 1.66 bits per heavy atom. The summed E-state index contributed by atoms with van der Waals surface area (Å²) in [6.45, 7) is 12.1. The molecule has 2 rings (SSSR count). The van der Waals surface area contributed by atoms with Crippen molar-refractivity contribution in [2.45, 2.75) is 65.6 Å². The van der Waals surface area contributed by atoms with E-state index in [2.05, 4.69) is 26.1 Å². The molecule has 0 aliphatic rings. The molecule has 1 N–H and O–H groups in total. The van der Waals surface area contributed by atoms with Gasteiger partial charge < -0.3 is 19.7 Å². The number of nitrogens with one attached hydrogen (secondary N) is 1. The summed E-state index contributed by atoms with van der Waals surface area (Å²) in [4.78, 5) is 27.3. The molecule has 0 radical (unpaired) electrons. The zero-order chi connectivity index (χ0) is 23.9. The number of hydrogen-bond acceptors (Lipinski definition) is 4. The van der Waals surface area contributed by atoms with Gasteiger partial charge in [-0.2, -0.15) is 0 Å². The molecule has 0 bridgehead atoms. The fourth-order valence-corrected chi connectivity index (χ4v) is 3.23. The van der Waals surface area contributed by atoms with E-state index in [1.807, 2.05) is 62.4 Å². The van der Waals surface area contributed by atoms with Crippen molar-refractivity contribution in [3.8, 4) is 11.5 Å². The Kier molecular flexibility index (Phi) is 8.70. The fourth-order valence-electron chi connectivity index (χ4n) is 3.23. The lowest BCUT2D eigenvalue weighted by molar-refractivity contribution is -0.142. The van der Waals surface area contributed by atoms with Gasteiger partial charge >= 0.3 is 0 Å². The first-order valence-electron chi connectivity index (χ1n) is 11.0. The summed E-state index contributed by atoms with van der Waals surface area (Å²) in [5.41, 5.74) is 2.10. The third-order valence-corrected chi connectivity index (χ3v) is 5.17. The largest absolute Gasteiger partial charge is 0.497 e. The van der Waals surface area contributed by atoms with Crippen LogP contribution in [0.25, 0.3) is 0 Å². The molecule has 1 atom stereocenters. The van der Waals surface area contributed by atoms with Crippen LogP contribution in [0.2, 0.25) is 0 Å². The first-order valence-corrected chi connectivity index (χ1v) is 11.0. The van der Waals surface area contributed by atoms with Crippen molar-refractivity contribution in [2.24, 2.45) is 0 Å². The molecule has 2 amide bonds. The van der Waals surface area contributed by atoms with Crippen LogP contribution in [0.5, 0.6) is 11.5 Å². The summed E-state index contributed by atoms with van der Waals surface area (Å²) in [6, 6.07) is 14.6. The van der Waals surface area contributed by atoms with Crippen LogP contribution in [0.4, 0.5) is 0 Å². The minimum Gasteiger partial charge on any atom is -0.497 e. The number of ether oxygens (including phenoxy) is 2. The van der Waals surface area contributed by atoms with Crippen molar-refractivity contribution in [3.05, 3.63) is 59.7 Å². The van der Waals surface area contributed by atoms with Crippen LogP contribution < -0.4 is 14.8 Å². The molecular formula is C26H36N2O4. The van der Waals surface area contributed by atoms with Gasteiger partial charge in [0.25, 0.3) is 5.91 Å². The second-order valence-electron chi connectivity index (χ2n) is 9.28. The topological polar surface area (TPSA) is 67.9 Å². The summed E-state index contributed by atoms with van der Waals surface area (Å²) in [6.07, 6.45) is 0. The highest BCUT2D eigenvalue weighted by molar-refractivity contribution is 5.88. The molecule has 1 unspecified atom stereocenters. The van der Waals surface area contributed by atoms with Gasteiger partial charge in [-0.25, -0.2) is 0 Å². The van der Waals surface area contributed by atoms with Crippen LogP contribution in [0.3, 0.4) is 0 Å². The van der Waals surface area contributed by atoms with Gasteiger partial charge in [0.05, 0.1) is 7.11 Å². The molecule has 2 aromatic rings. The van der Waals surface area contributed by atoms with E-state index >= 15 is 0 Å². The molecule has 0 spiro atoms. The molecule has 0 saturated heterocycles. The van der Waals surface area contributed by atoms with E-state index in [0.29, 0.717) is 11.5 Å². The minimum atomic E-state index is -0.650. The number of methoxy groups -OCH3 is 1. The Hall–Kier alpha value is -3.02. The van der Waals surface area contributed by atoms with Gasteiger partial charge in [0.15, 0.2) is 6.61 Å². The fraction of sp³-hybridized carbons (Fsp3) is 0.462. The molecular weight excluding hydrogens is 404 g/mol. The second-order valence-corrected chi connectivity index (χ2v) is 9.28. The van der Waals surface area contributed by atoms with Gasteiger partial charge in [-0.05, 0) is 61.6 Å². The zero-order valence-corrected chi connectivity index (χ0v) is 20.3. The van der Waals surface area contributed by atoms with Crippen molar-refractivity contribution >= 4 is 11.8 Å². The van der Waals surface area contributed by atoms with Crippen molar-refractivity contribution < 1.29 is 19.1 Å². The van der Waals surface area contributed by atoms with Gasteiger partial charge in [0, 0.05) is 12.6 Å². The Morgan fingerprint density at radius 3 is 2.22 bits per heavy atom. The highest BCUT2D eigenvalue weighted by Crippen LogP contribution is 2.24. The van der Waals surface area contributed by atoms with Crippen molar-refractivity contribution in [2.75, 3.05) is 13.7 Å². The highest BCUT2D eigenvalue weighted by Gasteiger charge is 2.27. The SMILES string of the molecule is COc1cccc(CN(C(=O)COc2ccc(C(C)(C)C)cc2)C(C)C(=O)NC(C)C)c1. The van der Waals surface area contributed by atoms with E-state index in [1.54, 1.807) is 14.0 Å². The molecule has 0 saturated carbocycles. The number of hydrogen-bond donors (Lipinski definition) is 1. The lowest BCUT2D eigenvalue weighted by Gasteiger charge is -2.29. The maximum absolute atomic E-state index is 13.1. The molecule has 0 aromatic heterocycles. The average Bonchev–Trinajstić information content (AvgIpc) is 2.74. The van der Waals surface area contributed by atoms with Gasteiger partial charge in [0.1, 0.15) is 17.5 Å². The molecule has 0 aliphatic carbocycles. The monoisotopic (exact) mass is 440 g/mol. The molecule has 0 heterocycles. The number of amides is 2. The Labute approximate surface area is 191 Å². The normalized spacial score (nSPS) is 12.2. The lowest BCUT2D eigenvalue weighted by Crippen LogP contribution is -2.50. The van der Waals surface area contributed by atoms with Crippen LogP contribution in [0.1, 0.15) is 52.7 Å². The van der Waals surface area contributed by atoms with Crippen LogP contribution in [0.15, 0.2) is 48.5 Å². The maximum Gasteiger partial charge on any atom is 0.261 e. The average molecular weight is 441 g/mol. The van der Waals surface area contributed by atoms with Crippen LogP contribution in [-0.4, -0.2) is 42.5 Å². The Morgan fingerprint density at radius 1 is 1.00 bits per heavy atom. The molecule has 6 heteroatoms. The Balaban J connectivity index is 2.16. The predicted octanol–water partition coefficient (Wildman–Crippen LogP) is 4.31. The van der Waals surface area contributed by atoms with Gasteiger partial charge in [0.2, 0.25) is 5.91 Å². The van der Waals surface area contributed by atoms with Crippen molar-refractivity contribution in [3.63, 3.8) is 0 Å². The van der Waals surface area contributed by atoms with Gasteiger partial charge in [-0.3, -0.25) is 9.59 Å². The lowest BCUT2D eigenvalue weighted by atomic mass is 9.87. The summed E-state index contributed by atoms with van der Waals surface area (Å²) in [5.74, 6) is 0.848. The Bertz CT molecular complexity index is 901. The van der Waals surface area contributed by atoms with Crippen LogP contribution in [-0.2, 0) is 21.5 Å². The summed E-state index contributed by atoms with van der Waals surface area (Å²) >= 11 is 0. The van der Waals surface area contributed by atoms with E-state index in [-0.39, 0.29) is 36.4 Å². The standard InChI is InChI=1S/C26H36N2O4/c1-18(2)27-25(30)19(3)28(16-20-9-8-10-23(15-20)31-7)24(29)17-32-22-13-11-21(12-14-22)26(4,5)6/h8-15,18-19H,16-17H2,1-7H3,(H,27,30). The number of carbonyl (C=O) groups is 2. The number of rotatable bonds is 9. The van der Waals surface area contributed by atoms with E-state index in [4.69, 9.17) is 9.47 Å². The molecule has 0 aliphatic heterocycles. The van der Waals surface area contributed by atoms with E-state index in [0.717, 1.165) is 5.56 Å². The van der Waals surface area contributed by atoms with Gasteiger partial charge in [-0.1, -0.05) is 45.0 Å². The van der Waals surface area contributed by atoms with Crippen molar-refractivity contribution in [1.82, 2.24) is 10.2 Å². The quantitative estimate of drug-likeness (QED) is 0.631. The molecule has 32 heavy (non-hydrogen) atoms. The molecule has 6 nitrogen and oxygen atoms in total. The van der Waals surface area contributed by atoms with Gasteiger partial charge in [-0.15, -0.1) is 0 Å². The van der Waals surface area contributed by atoms with E-state index in [1.165, 1.54) is 10.5 Å². The predicted molar refractivity (Wildman–Crippen MR) is 127 cm³/mol. The summed E-state index contributed by atoms with van der Waals surface area (Å²) < 4.78 is 11.1. The van der Waals surface area contributed by atoms with E-state index in [9.17, 15) is 9.59 Å². The number of nitrogens with zero attached hydrogens (tertiary/aromatic N) is 1. The molecule has 0 fully saturated rings. The number of benzene rings is 2. The second kappa shape index (κ2) is 11.0. The third kappa shape index (κ3) is 7.29. The summed E-state index contributed by atoms with van der Waals surface area (Å²) in [7, 11) is 1.60. The molecule has 174 valence electrons. The zero-order valence-electron chi connectivity index (χ0n) is 20.3. The van der Waals surface area contributed by atoms with Crippen LogP contribution >= 0.6 is 0 Å². The van der Waals surface area contributed by atoms with Crippen LogP contribution in [0, 0.1) is 0 Å². The maximum atomic E-state index is 13.1. The number of carbonyl (C=O) groups excluding carboxylic acids is 2. The highest BCUT2D eigenvalue weighted by atomic mass is 16.5. The molecule has 2 aromatic carbocycles. The third-order valence-electron chi connectivity index (χ3n) is 5.17.